The highest BCUT2D eigenvalue weighted by Crippen LogP contribution is 2.31. The Labute approximate surface area is 169 Å². The highest BCUT2D eigenvalue weighted by atomic mass is 16.5. The largest absolute Gasteiger partial charge is 0.486 e. The number of carbonyl (C=O) groups is 2. The smallest absolute Gasteiger partial charge is 0.340 e. The third kappa shape index (κ3) is 4.46. The molecule has 0 amide bonds. The van der Waals surface area contributed by atoms with Gasteiger partial charge in [-0.05, 0) is 37.6 Å². The van der Waals surface area contributed by atoms with Gasteiger partial charge in [-0.25, -0.2) is 4.79 Å². The Morgan fingerprint density at radius 3 is 2.59 bits per heavy atom. The molecule has 0 radical (unpaired) electrons. The lowest BCUT2D eigenvalue weighted by Crippen LogP contribution is -2.10. The standard InChI is InChI=1S/C23H22N2O4/c1-3-28-23(27)22-16(2)25(14-17-7-5-4-6-8-17)21-10-9-19(13-20(21)22)29-15-18(26)11-12-24/h4-10,13H,3,11,14-15H2,1-2H3. The average Bonchev–Trinajstić information content (AvgIpc) is 2.98. The van der Waals surface area contributed by atoms with E-state index in [1.165, 1.54) is 0 Å². The van der Waals surface area contributed by atoms with Crippen molar-refractivity contribution in [2.24, 2.45) is 0 Å². The van der Waals surface area contributed by atoms with Gasteiger partial charge in [-0.15, -0.1) is 0 Å². The summed E-state index contributed by atoms with van der Waals surface area (Å²) in [5, 5.41) is 9.31. The first-order valence-corrected chi connectivity index (χ1v) is 9.40. The lowest BCUT2D eigenvalue weighted by atomic mass is 10.1. The zero-order chi connectivity index (χ0) is 20.8. The van der Waals surface area contributed by atoms with Crippen molar-refractivity contribution >= 4 is 22.7 Å². The molecule has 2 aromatic carbocycles. The fourth-order valence-corrected chi connectivity index (χ4v) is 3.28. The summed E-state index contributed by atoms with van der Waals surface area (Å²) in [6, 6.07) is 17.2. The van der Waals surface area contributed by atoms with Gasteiger partial charge in [0.15, 0.2) is 5.78 Å². The summed E-state index contributed by atoms with van der Waals surface area (Å²) in [6.45, 7) is 4.38. The highest BCUT2D eigenvalue weighted by molar-refractivity contribution is 6.06. The van der Waals surface area contributed by atoms with Crippen LogP contribution in [0.5, 0.6) is 5.75 Å². The molecule has 0 aliphatic carbocycles. The highest BCUT2D eigenvalue weighted by Gasteiger charge is 2.22. The number of fused-ring (bicyclic) bond motifs is 1. The molecule has 0 saturated carbocycles. The van der Waals surface area contributed by atoms with E-state index in [-0.39, 0.29) is 31.4 Å². The van der Waals surface area contributed by atoms with E-state index in [2.05, 4.69) is 4.57 Å². The molecule has 0 bridgehead atoms. The van der Waals surface area contributed by atoms with Crippen molar-refractivity contribution in [1.29, 1.82) is 5.26 Å². The summed E-state index contributed by atoms with van der Waals surface area (Å²) in [5.41, 5.74) is 3.29. The molecular formula is C23H22N2O4. The van der Waals surface area contributed by atoms with Crippen LogP contribution in [-0.2, 0) is 16.1 Å². The third-order valence-electron chi connectivity index (χ3n) is 4.63. The molecule has 0 aliphatic rings. The number of benzene rings is 2. The van der Waals surface area contributed by atoms with Gasteiger partial charge in [0.2, 0.25) is 0 Å². The van der Waals surface area contributed by atoms with Crippen molar-refractivity contribution in [3.63, 3.8) is 0 Å². The first kappa shape index (κ1) is 20.2. The number of nitriles is 1. The predicted molar refractivity (Wildman–Crippen MR) is 109 cm³/mol. The van der Waals surface area contributed by atoms with Crippen molar-refractivity contribution in [3.8, 4) is 11.8 Å². The van der Waals surface area contributed by atoms with E-state index in [0.29, 0.717) is 23.2 Å². The maximum Gasteiger partial charge on any atom is 0.340 e. The minimum atomic E-state index is -0.389. The van der Waals surface area contributed by atoms with Crippen LogP contribution in [0.2, 0.25) is 0 Å². The van der Waals surface area contributed by atoms with Crippen LogP contribution in [0, 0.1) is 18.3 Å². The van der Waals surface area contributed by atoms with Crippen LogP contribution < -0.4 is 4.74 Å². The maximum absolute atomic E-state index is 12.6. The van der Waals surface area contributed by atoms with Gasteiger partial charge in [-0.3, -0.25) is 4.79 Å². The number of Topliss-reactive ketones (excluding diaryl/α,β-unsaturated/α-hetero) is 1. The number of aromatic nitrogens is 1. The summed E-state index contributed by atoms with van der Waals surface area (Å²) in [5.74, 6) is -0.221. The number of ketones is 1. The van der Waals surface area contributed by atoms with E-state index in [1.54, 1.807) is 19.1 Å². The fraction of sp³-hybridized carbons (Fsp3) is 0.261. The quantitative estimate of drug-likeness (QED) is 0.542. The Kier molecular flexibility index (Phi) is 6.30. The van der Waals surface area contributed by atoms with Gasteiger partial charge >= 0.3 is 5.97 Å². The SMILES string of the molecule is CCOC(=O)c1c(C)n(Cc2ccccc2)c2ccc(OCC(=O)CC#N)cc12. The van der Waals surface area contributed by atoms with Gasteiger partial charge in [-0.2, -0.15) is 5.26 Å². The second-order valence-electron chi connectivity index (χ2n) is 6.59. The molecule has 6 heteroatoms. The Bertz CT molecular complexity index is 1080. The van der Waals surface area contributed by atoms with Crippen LogP contribution in [0.25, 0.3) is 10.9 Å². The molecule has 6 nitrogen and oxygen atoms in total. The summed E-state index contributed by atoms with van der Waals surface area (Å²) in [6.07, 6.45) is -0.192. The third-order valence-corrected chi connectivity index (χ3v) is 4.63. The van der Waals surface area contributed by atoms with Crippen LogP contribution in [0.1, 0.15) is 35.0 Å². The molecule has 148 valence electrons. The molecule has 0 unspecified atom stereocenters. The molecule has 0 N–H and O–H groups in total. The molecule has 0 fully saturated rings. The van der Waals surface area contributed by atoms with Gasteiger partial charge in [0.25, 0.3) is 0 Å². The maximum atomic E-state index is 12.6. The number of nitrogens with zero attached hydrogens (tertiary/aromatic N) is 2. The van der Waals surface area contributed by atoms with Gasteiger partial charge in [0.1, 0.15) is 12.4 Å². The fourth-order valence-electron chi connectivity index (χ4n) is 3.28. The zero-order valence-corrected chi connectivity index (χ0v) is 16.5. The topological polar surface area (TPSA) is 81.3 Å². The second-order valence-corrected chi connectivity index (χ2v) is 6.59. The minimum Gasteiger partial charge on any atom is -0.486 e. The Hall–Kier alpha value is -3.59. The Morgan fingerprint density at radius 1 is 1.14 bits per heavy atom. The summed E-state index contributed by atoms with van der Waals surface area (Å²) in [7, 11) is 0. The van der Waals surface area contributed by atoms with Crippen LogP contribution in [0.4, 0.5) is 0 Å². The van der Waals surface area contributed by atoms with Gasteiger partial charge in [-0.1, -0.05) is 30.3 Å². The summed E-state index contributed by atoms with van der Waals surface area (Å²) < 4.78 is 12.9. The Balaban J connectivity index is 2.03. The summed E-state index contributed by atoms with van der Waals surface area (Å²) >= 11 is 0. The molecule has 0 atom stereocenters. The number of hydrogen-bond acceptors (Lipinski definition) is 5. The molecule has 0 spiro atoms. The molecule has 0 aliphatic heterocycles. The molecule has 1 heterocycles. The van der Waals surface area contributed by atoms with Crippen molar-refractivity contribution < 1.29 is 19.1 Å². The monoisotopic (exact) mass is 390 g/mol. The number of esters is 1. The first-order valence-electron chi connectivity index (χ1n) is 9.40. The molecule has 3 rings (SSSR count). The second kappa shape index (κ2) is 9.07. The number of hydrogen-bond donors (Lipinski definition) is 0. The average molecular weight is 390 g/mol. The number of carbonyl (C=O) groups excluding carboxylic acids is 2. The van der Waals surface area contributed by atoms with Gasteiger partial charge in [0.05, 0.1) is 24.7 Å². The van der Waals surface area contributed by atoms with Crippen molar-refractivity contribution in [2.45, 2.75) is 26.8 Å². The first-order chi connectivity index (χ1) is 14.0. The molecule has 0 saturated heterocycles. The zero-order valence-electron chi connectivity index (χ0n) is 16.5. The van der Waals surface area contributed by atoms with Crippen molar-refractivity contribution in [2.75, 3.05) is 13.2 Å². The van der Waals surface area contributed by atoms with E-state index in [0.717, 1.165) is 16.8 Å². The Morgan fingerprint density at radius 2 is 1.90 bits per heavy atom. The van der Waals surface area contributed by atoms with Crippen LogP contribution in [-0.4, -0.2) is 29.5 Å². The van der Waals surface area contributed by atoms with Gasteiger partial charge in [0, 0.05) is 23.1 Å². The van der Waals surface area contributed by atoms with E-state index < -0.39 is 0 Å². The predicted octanol–water partition coefficient (Wildman–Crippen LogP) is 4.04. The van der Waals surface area contributed by atoms with E-state index in [4.69, 9.17) is 14.7 Å². The summed E-state index contributed by atoms with van der Waals surface area (Å²) in [4.78, 5) is 24.2. The number of rotatable bonds is 8. The van der Waals surface area contributed by atoms with Crippen LogP contribution >= 0.6 is 0 Å². The molecular weight excluding hydrogens is 368 g/mol. The van der Waals surface area contributed by atoms with Gasteiger partial charge < -0.3 is 14.0 Å². The van der Waals surface area contributed by atoms with Crippen molar-refractivity contribution in [3.05, 3.63) is 65.4 Å². The van der Waals surface area contributed by atoms with E-state index in [1.807, 2.05) is 49.4 Å². The van der Waals surface area contributed by atoms with E-state index >= 15 is 0 Å². The normalized spacial score (nSPS) is 10.5. The molecule has 1 aromatic heterocycles. The lowest BCUT2D eigenvalue weighted by Gasteiger charge is -2.09. The van der Waals surface area contributed by atoms with Crippen LogP contribution in [0.15, 0.2) is 48.5 Å². The van der Waals surface area contributed by atoms with Crippen LogP contribution in [0.3, 0.4) is 0 Å². The lowest BCUT2D eigenvalue weighted by molar-refractivity contribution is -0.120. The van der Waals surface area contributed by atoms with E-state index in [9.17, 15) is 9.59 Å². The minimum absolute atomic E-state index is 0.183. The number of ether oxygens (including phenoxy) is 2. The van der Waals surface area contributed by atoms with Crippen molar-refractivity contribution in [1.82, 2.24) is 4.57 Å². The molecule has 29 heavy (non-hydrogen) atoms. The molecule has 3 aromatic rings.